The molecule has 0 aliphatic carbocycles. The highest BCUT2D eigenvalue weighted by Crippen LogP contribution is 2.22. The van der Waals surface area contributed by atoms with Gasteiger partial charge < -0.3 is 10.1 Å². The third-order valence-electron chi connectivity index (χ3n) is 2.64. The van der Waals surface area contributed by atoms with Crippen LogP contribution in [0.5, 0.6) is 5.75 Å². The van der Waals surface area contributed by atoms with Gasteiger partial charge in [0.25, 0.3) is 5.91 Å². The minimum atomic E-state index is -4.73. The van der Waals surface area contributed by atoms with Crippen molar-refractivity contribution in [2.45, 2.75) is 32.2 Å². The zero-order valence-corrected chi connectivity index (χ0v) is 12.4. The van der Waals surface area contributed by atoms with E-state index in [1.165, 1.54) is 12.1 Å². The van der Waals surface area contributed by atoms with Crippen LogP contribution in [-0.4, -0.2) is 23.6 Å². The molecule has 0 heterocycles. The number of nitrogens with one attached hydrogen (secondary N) is 1. The van der Waals surface area contributed by atoms with E-state index in [1.54, 1.807) is 0 Å². The van der Waals surface area contributed by atoms with E-state index in [9.17, 15) is 18.0 Å². The monoisotopic (exact) mass is 353 g/mol. The SMILES string of the molecule is CCC(CCBr)NC(=O)c1ccc(OC(F)(F)F)cc1. The molecule has 1 aromatic rings. The molecule has 1 unspecified atom stereocenters. The molecule has 0 saturated heterocycles. The Labute approximate surface area is 123 Å². The van der Waals surface area contributed by atoms with Crippen molar-refractivity contribution in [2.75, 3.05) is 5.33 Å². The average Bonchev–Trinajstić information content (AvgIpc) is 2.37. The molecule has 0 aliphatic rings. The second kappa shape index (κ2) is 7.52. The number of alkyl halides is 4. The molecule has 0 fully saturated rings. The zero-order valence-electron chi connectivity index (χ0n) is 10.8. The van der Waals surface area contributed by atoms with Crippen LogP contribution in [0.2, 0.25) is 0 Å². The Kier molecular flexibility index (Phi) is 6.32. The second-order valence-electron chi connectivity index (χ2n) is 4.13. The summed E-state index contributed by atoms with van der Waals surface area (Å²) in [4.78, 5) is 11.9. The molecule has 1 rings (SSSR count). The Morgan fingerprint density at radius 3 is 2.40 bits per heavy atom. The van der Waals surface area contributed by atoms with Gasteiger partial charge in [-0.15, -0.1) is 13.2 Å². The van der Waals surface area contributed by atoms with Crippen LogP contribution in [0.15, 0.2) is 24.3 Å². The van der Waals surface area contributed by atoms with Crippen molar-refractivity contribution in [3.63, 3.8) is 0 Å². The third-order valence-corrected chi connectivity index (χ3v) is 3.09. The van der Waals surface area contributed by atoms with Crippen LogP contribution >= 0.6 is 15.9 Å². The molecule has 20 heavy (non-hydrogen) atoms. The van der Waals surface area contributed by atoms with Gasteiger partial charge in [-0.3, -0.25) is 4.79 Å². The van der Waals surface area contributed by atoms with Crippen LogP contribution in [-0.2, 0) is 0 Å². The maximum Gasteiger partial charge on any atom is 0.573 e. The fourth-order valence-corrected chi connectivity index (χ4v) is 2.14. The van der Waals surface area contributed by atoms with Gasteiger partial charge in [0, 0.05) is 16.9 Å². The molecule has 0 spiro atoms. The molecule has 0 bridgehead atoms. The summed E-state index contributed by atoms with van der Waals surface area (Å²) in [6.45, 7) is 1.95. The number of rotatable bonds is 6. The highest BCUT2D eigenvalue weighted by atomic mass is 79.9. The van der Waals surface area contributed by atoms with Gasteiger partial charge in [-0.1, -0.05) is 22.9 Å². The summed E-state index contributed by atoms with van der Waals surface area (Å²) >= 11 is 3.30. The first-order chi connectivity index (χ1) is 9.35. The van der Waals surface area contributed by atoms with Gasteiger partial charge in [0.2, 0.25) is 0 Å². The molecule has 1 atom stereocenters. The van der Waals surface area contributed by atoms with Gasteiger partial charge in [-0.25, -0.2) is 0 Å². The number of hydrogen-bond donors (Lipinski definition) is 1. The molecule has 3 nitrogen and oxygen atoms in total. The van der Waals surface area contributed by atoms with E-state index in [2.05, 4.69) is 26.0 Å². The average molecular weight is 354 g/mol. The van der Waals surface area contributed by atoms with Gasteiger partial charge in [0.1, 0.15) is 5.75 Å². The van der Waals surface area contributed by atoms with Crippen molar-refractivity contribution in [1.82, 2.24) is 5.32 Å². The molecular weight excluding hydrogens is 339 g/mol. The van der Waals surface area contributed by atoms with Crippen molar-refractivity contribution >= 4 is 21.8 Å². The van der Waals surface area contributed by atoms with E-state index in [-0.39, 0.29) is 17.7 Å². The fraction of sp³-hybridized carbons (Fsp3) is 0.462. The van der Waals surface area contributed by atoms with E-state index >= 15 is 0 Å². The predicted octanol–water partition coefficient (Wildman–Crippen LogP) is 3.88. The summed E-state index contributed by atoms with van der Waals surface area (Å²) in [5, 5.41) is 3.59. The number of benzene rings is 1. The number of hydrogen-bond acceptors (Lipinski definition) is 2. The van der Waals surface area contributed by atoms with Crippen molar-refractivity contribution in [2.24, 2.45) is 0 Å². The summed E-state index contributed by atoms with van der Waals surface area (Å²) in [7, 11) is 0. The first kappa shape index (κ1) is 16.8. The van der Waals surface area contributed by atoms with Crippen LogP contribution in [0, 0.1) is 0 Å². The van der Waals surface area contributed by atoms with E-state index < -0.39 is 6.36 Å². The lowest BCUT2D eigenvalue weighted by atomic mass is 10.1. The Balaban J connectivity index is 2.66. The van der Waals surface area contributed by atoms with Crippen LogP contribution in [0.1, 0.15) is 30.1 Å². The normalized spacial score (nSPS) is 12.8. The first-order valence-electron chi connectivity index (χ1n) is 6.08. The largest absolute Gasteiger partial charge is 0.573 e. The highest BCUT2D eigenvalue weighted by molar-refractivity contribution is 9.09. The molecule has 0 saturated carbocycles. The highest BCUT2D eigenvalue weighted by Gasteiger charge is 2.31. The van der Waals surface area contributed by atoms with Gasteiger partial charge in [0.05, 0.1) is 0 Å². The number of halogens is 4. The number of ether oxygens (including phenoxy) is 1. The van der Waals surface area contributed by atoms with Gasteiger partial charge in [0.15, 0.2) is 0 Å². The van der Waals surface area contributed by atoms with Crippen molar-refractivity contribution in [3.8, 4) is 5.75 Å². The smallest absolute Gasteiger partial charge is 0.406 e. The molecule has 0 aromatic heterocycles. The van der Waals surface area contributed by atoms with Crippen molar-refractivity contribution in [1.29, 1.82) is 0 Å². The Morgan fingerprint density at radius 2 is 1.95 bits per heavy atom. The van der Waals surface area contributed by atoms with Gasteiger partial charge >= 0.3 is 6.36 Å². The maximum atomic E-state index is 12.0. The Morgan fingerprint density at radius 1 is 1.35 bits per heavy atom. The molecule has 0 aliphatic heterocycles. The molecule has 0 radical (unpaired) electrons. The minimum absolute atomic E-state index is 0.0352. The number of carbonyl (C=O) groups excluding carboxylic acids is 1. The lowest BCUT2D eigenvalue weighted by Gasteiger charge is -2.16. The standard InChI is InChI=1S/C13H15BrF3NO2/c1-2-10(7-8-14)18-12(19)9-3-5-11(6-4-9)20-13(15,16)17/h3-6,10H,2,7-8H2,1H3,(H,18,19). The molecular formula is C13H15BrF3NO2. The summed E-state index contributed by atoms with van der Waals surface area (Å²) in [6.07, 6.45) is -3.16. The predicted molar refractivity (Wildman–Crippen MR) is 73.1 cm³/mol. The summed E-state index contributed by atoms with van der Waals surface area (Å²) in [6, 6.07) is 4.88. The third kappa shape index (κ3) is 5.81. The quantitative estimate of drug-likeness (QED) is 0.788. The van der Waals surface area contributed by atoms with Crippen LogP contribution in [0.25, 0.3) is 0 Å². The topological polar surface area (TPSA) is 38.3 Å². The molecule has 112 valence electrons. The van der Waals surface area contributed by atoms with E-state index in [4.69, 9.17) is 0 Å². The van der Waals surface area contributed by atoms with Gasteiger partial charge in [-0.2, -0.15) is 0 Å². The Bertz CT molecular complexity index is 434. The maximum absolute atomic E-state index is 12.0. The van der Waals surface area contributed by atoms with Crippen molar-refractivity contribution < 1.29 is 22.7 Å². The van der Waals surface area contributed by atoms with E-state index in [1.807, 2.05) is 6.92 Å². The zero-order chi connectivity index (χ0) is 15.2. The second-order valence-corrected chi connectivity index (χ2v) is 4.92. The Hall–Kier alpha value is -1.24. The van der Waals surface area contributed by atoms with E-state index in [0.29, 0.717) is 5.56 Å². The molecule has 1 aromatic carbocycles. The number of carbonyl (C=O) groups is 1. The number of amides is 1. The molecule has 1 amide bonds. The minimum Gasteiger partial charge on any atom is -0.406 e. The lowest BCUT2D eigenvalue weighted by Crippen LogP contribution is -2.34. The van der Waals surface area contributed by atoms with Gasteiger partial charge in [-0.05, 0) is 37.1 Å². The summed E-state index contributed by atoms with van der Waals surface area (Å²) in [5.41, 5.74) is 0.299. The fourth-order valence-electron chi connectivity index (χ4n) is 1.59. The lowest BCUT2D eigenvalue weighted by molar-refractivity contribution is -0.274. The van der Waals surface area contributed by atoms with Crippen LogP contribution in [0.4, 0.5) is 13.2 Å². The van der Waals surface area contributed by atoms with Crippen molar-refractivity contribution in [3.05, 3.63) is 29.8 Å². The molecule has 7 heteroatoms. The van der Waals surface area contributed by atoms with E-state index in [0.717, 1.165) is 30.3 Å². The summed E-state index contributed by atoms with van der Waals surface area (Å²) in [5.74, 6) is -0.655. The molecule has 1 N–H and O–H groups in total. The van der Waals surface area contributed by atoms with Crippen LogP contribution < -0.4 is 10.1 Å². The first-order valence-corrected chi connectivity index (χ1v) is 7.20. The summed E-state index contributed by atoms with van der Waals surface area (Å²) < 4.78 is 39.7. The van der Waals surface area contributed by atoms with Crippen LogP contribution in [0.3, 0.4) is 0 Å².